The molecule has 0 aliphatic heterocycles. The Hall–Kier alpha value is -1.16. The number of rotatable bonds is 6. The molecule has 0 aliphatic carbocycles. The minimum Gasteiger partial charge on any atom is -0.466 e. The van der Waals surface area contributed by atoms with Crippen molar-refractivity contribution < 1.29 is 14.3 Å². The van der Waals surface area contributed by atoms with Crippen LogP contribution in [0, 0.1) is 0 Å². The van der Waals surface area contributed by atoms with Gasteiger partial charge in [0.15, 0.2) is 0 Å². The first-order valence-electron chi connectivity index (χ1n) is 4.92. The van der Waals surface area contributed by atoms with E-state index in [9.17, 15) is 9.59 Å². The molecule has 0 spiro atoms. The van der Waals surface area contributed by atoms with Crippen LogP contribution >= 0.6 is 11.3 Å². The monoisotopic (exact) mass is 226 g/mol. The van der Waals surface area contributed by atoms with E-state index in [1.165, 1.54) is 4.88 Å². The first-order valence-corrected chi connectivity index (χ1v) is 5.80. The highest BCUT2D eigenvalue weighted by molar-refractivity contribution is 7.09. The Morgan fingerprint density at radius 2 is 2.27 bits per heavy atom. The minimum atomic E-state index is -0.423. The number of aryl methyl sites for hydroxylation is 1. The molecule has 0 radical (unpaired) electrons. The molecule has 1 aromatic rings. The number of esters is 1. The van der Waals surface area contributed by atoms with Crippen LogP contribution in [0.2, 0.25) is 0 Å². The summed E-state index contributed by atoms with van der Waals surface area (Å²) in [5.74, 6) is -0.476. The first-order chi connectivity index (χ1) is 7.22. The molecule has 1 aromatic heterocycles. The molecule has 82 valence electrons. The number of ether oxygens (including phenoxy) is 1. The highest BCUT2D eigenvalue weighted by atomic mass is 32.1. The van der Waals surface area contributed by atoms with Gasteiger partial charge in [-0.15, -0.1) is 11.3 Å². The van der Waals surface area contributed by atoms with Crippen molar-refractivity contribution >= 4 is 23.1 Å². The second kappa shape index (κ2) is 6.35. The molecule has 0 bridgehead atoms. The Morgan fingerprint density at radius 1 is 1.47 bits per heavy atom. The van der Waals surface area contributed by atoms with Crippen LogP contribution in [-0.2, 0) is 20.7 Å². The lowest BCUT2D eigenvalue weighted by molar-refractivity contribution is -0.145. The van der Waals surface area contributed by atoms with Gasteiger partial charge in [-0.05, 0) is 24.8 Å². The third kappa shape index (κ3) is 4.74. The summed E-state index contributed by atoms with van der Waals surface area (Å²) in [5.41, 5.74) is 0. The fraction of sp³-hybridized carbons (Fsp3) is 0.455. The summed E-state index contributed by atoms with van der Waals surface area (Å²) in [6, 6.07) is 3.94. The normalized spacial score (nSPS) is 9.93. The van der Waals surface area contributed by atoms with Gasteiger partial charge in [0.25, 0.3) is 0 Å². The molecule has 0 amide bonds. The van der Waals surface area contributed by atoms with Crippen LogP contribution in [-0.4, -0.2) is 18.4 Å². The number of carbonyl (C=O) groups is 2. The van der Waals surface area contributed by atoms with Crippen LogP contribution in [0.15, 0.2) is 17.5 Å². The maximum atomic E-state index is 11.3. The number of hydrogen-bond donors (Lipinski definition) is 0. The predicted molar refractivity (Wildman–Crippen MR) is 58.9 cm³/mol. The molecular weight excluding hydrogens is 212 g/mol. The number of hydrogen-bond acceptors (Lipinski definition) is 4. The predicted octanol–water partition coefficient (Wildman–Crippen LogP) is 2.20. The Kier molecular flexibility index (Phi) is 5.04. The van der Waals surface area contributed by atoms with E-state index in [4.69, 9.17) is 4.74 Å². The average molecular weight is 226 g/mol. The quantitative estimate of drug-likeness (QED) is 0.551. The van der Waals surface area contributed by atoms with E-state index in [2.05, 4.69) is 0 Å². The van der Waals surface area contributed by atoms with Crippen molar-refractivity contribution in [3.8, 4) is 0 Å². The smallest absolute Gasteiger partial charge is 0.313 e. The van der Waals surface area contributed by atoms with Crippen LogP contribution in [0.4, 0.5) is 0 Å². The van der Waals surface area contributed by atoms with E-state index in [0.717, 1.165) is 6.42 Å². The van der Waals surface area contributed by atoms with Gasteiger partial charge in [0.05, 0.1) is 6.61 Å². The topological polar surface area (TPSA) is 43.4 Å². The van der Waals surface area contributed by atoms with E-state index >= 15 is 0 Å². The third-order valence-electron chi connectivity index (χ3n) is 1.88. The van der Waals surface area contributed by atoms with E-state index in [1.54, 1.807) is 18.3 Å². The standard InChI is InChI=1S/C11H14O3S/c1-2-14-11(13)8-9(12)5-6-10-4-3-7-15-10/h3-4,7H,2,5-6,8H2,1H3. The van der Waals surface area contributed by atoms with Crippen molar-refractivity contribution in [3.63, 3.8) is 0 Å². The van der Waals surface area contributed by atoms with E-state index in [1.807, 2.05) is 17.5 Å². The fourth-order valence-electron chi connectivity index (χ4n) is 1.18. The molecule has 0 unspecified atom stereocenters. The van der Waals surface area contributed by atoms with Gasteiger partial charge in [-0.3, -0.25) is 9.59 Å². The summed E-state index contributed by atoms with van der Waals surface area (Å²) in [4.78, 5) is 23.5. The molecule has 1 rings (SSSR count). The summed E-state index contributed by atoms with van der Waals surface area (Å²) in [5, 5.41) is 1.98. The largest absolute Gasteiger partial charge is 0.466 e. The van der Waals surface area contributed by atoms with Crippen LogP contribution in [0.3, 0.4) is 0 Å². The van der Waals surface area contributed by atoms with Crippen molar-refractivity contribution in [1.82, 2.24) is 0 Å². The number of thiophene rings is 1. The third-order valence-corrected chi connectivity index (χ3v) is 2.81. The molecular formula is C11H14O3S. The highest BCUT2D eigenvalue weighted by Gasteiger charge is 2.10. The second-order valence-corrected chi connectivity index (χ2v) is 4.13. The van der Waals surface area contributed by atoms with Gasteiger partial charge < -0.3 is 4.74 Å². The van der Waals surface area contributed by atoms with Crippen molar-refractivity contribution in [2.24, 2.45) is 0 Å². The Balaban J connectivity index is 2.22. The van der Waals surface area contributed by atoms with Gasteiger partial charge in [-0.25, -0.2) is 0 Å². The lowest BCUT2D eigenvalue weighted by Gasteiger charge is -2.00. The maximum absolute atomic E-state index is 11.3. The maximum Gasteiger partial charge on any atom is 0.313 e. The number of carbonyl (C=O) groups excluding carboxylic acids is 2. The number of Topliss-reactive ketones (excluding diaryl/α,β-unsaturated/α-hetero) is 1. The zero-order valence-electron chi connectivity index (χ0n) is 8.69. The fourth-order valence-corrected chi connectivity index (χ4v) is 1.89. The zero-order chi connectivity index (χ0) is 11.1. The molecule has 4 heteroatoms. The average Bonchev–Trinajstić information content (AvgIpc) is 2.67. The summed E-state index contributed by atoms with van der Waals surface area (Å²) >= 11 is 1.63. The van der Waals surface area contributed by atoms with Crippen LogP contribution in [0.5, 0.6) is 0 Å². The van der Waals surface area contributed by atoms with E-state index < -0.39 is 5.97 Å². The molecule has 0 N–H and O–H groups in total. The van der Waals surface area contributed by atoms with Crippen LogP contribution < -0.4 is 0 Å². The Morgan fingerprint density at radius 3 is 2.87 bits per heavy atom. The first kappa shape index (κ1) is 11.9. The molecule has 0 aliphatic rings. The Bertz CT molecular complexity index is 317. The van der Waals surface area contributed by atoms with Crippen molar-refractivity contribution in [1.29, 1.82) is 0 Å². The van der Waals surface area contributed by atoms with Crippen molar-refractivity contribution in [2.75, 3.05) is 6.61 Å². The lowest BCUT2D eigenvalue weighted by atomic mass is 10.1. The lowest BCUT2D eigenvalue weighted by Crippen LogP contribution is -2.11. The van der Waals surface area contributed by atoms with Crippen LogP contribution in [0.1, 0.15) is 24.6 Å². The summed E-state index contributed by atoms with van der Waals surface area (Å²) in [6.45, 7) is 2.06. The second-order valence-electron chi connectivity index (χ2n) is 3.10. The molecule has 0 saturated carbocycles. The molecule has 0 aromatic carbocycles. The van der Waals surface area contributed by atoms with Gasteiger partial charge >= 0.3 is 5.97 Å². The Labute approximate surface area is 93.1 Å². The molecule has 1 heterocycles. The summed E-state index contributed by atoms with van der Waals surface area (Å²) in [6.07, 6.45) is 1.04. The molecule has 0 saturated heterocycles. The molecule has 0 atom stereocenters. The number of ketones is 1. The minimum absolute atomic E-state index is 0.0538. The van der Waals surface area contributed by atoms with E-state index in [0.29, 0.717) is 13.0 Å². The van der Waals surface area contributed by atoms with Gasteiger partial charge in [0.2, 0.25) is 0 Å². The molecule has 0 fully saturated rings. The molecule has 3 nitrogen and oxygen atoms in total. The van der Waals surface area contributed by atoms with Gasteiger partial charge in [-0.2, -0.15) is 0 Å². The van der Waals surface area contributed by atoms with E-state index in [-0.39, 0.29) is 12.2 Å². The van der Waals surface area contributed by atoms with Gasteiger partial charge in [0, 0.05) is 11.3 Å². The molecule has 15 heavy (non-hydrogen) atoms. The van der Waals surface area contributed by atoms with Crippen molar-refractivity contribution in [3.05, 3.63) is 22.4 Å². The zero-order valence-corrected chi connectivity index (χ0v) is 9.51. The van der Waals surface area contributed by atoms with Crippen LogP contribution in [0.25, 0.3) is 0 Å². The van der Waals surface area contributed by atoms with Gasteiger partial charge in [0.1, 0.15) is 12.2 Å². The highest BCUT2D eigenvalue weighted by Crippen LogP contribution is 2.11. The van der Waals surface area contributed by atoms with Crippen molar-refractivity contribution in [2.45, 2.75) is 26.2 Å². The summed E-state index contributed by atoms with van der Waals surface area (Å²) in [7, 11) is 0. The summed E-state index contributed by atoms with van der Waals surface area (Å²) < 4.78 is 4.69. The SMILES string of the molecule is CCOC(=O)CC(=O)CCc1cccs1. The van der Waals surface area contributed by atoms with Gasteiger partial charge in [-0.1, -0.05) is 6.07 Å².